The predicted molar refractivity (Wildman–Crippen MR) is 212 cm³/mol. The van der Waals surface area contributed by atoms with E-state index >= 15 is 0 Å². The van der Waals surface area contributed by atoms with Crippen molar-refractivity contribution in [1.82, 2.24) is 23.9 Å². The van der Waals surface area contributed by atoms with Crippen molar-refractivity contribution in [3.05, 3.63) is 164 Å². The molecule has 1 aliphatic heterocycles. The maximum atomic E-state index is 7.07. The van der Waals surface area contributed by atoms with Gasteiger partial charge < -0.3 is 4.74 Å². The summed E-state index contributed by atoms with van der Waals surface area (Å²) in [5, 5.41) is 7.24. The minimum absolute atomic E-state index is 0.587. The third kappa shape index (κ3) is 4.24. The number of aromatic nitrogens is 5. The highest BCUT2D eigenvalue weighted by Crippen LogP contribution is 2.31. The highest BCUT2D eigenvalue weighted by atomic mass is 28.3. The van der Waals surface area contributed by atoms with Gasteiger partial charge in [-0.2, -0.15) is 0 Å². The van der Waals surface area contributed by atoms with E-state index in [1.807, 2.05) is 12.3 Å². The molecule has 4 heterocycles. The van der Waals surface area contributed by atoms with Gasteiger partial charge in [-0.05, 0) is 62.3 Å². The summed E-state index contributed by atoms with van der Waals surface area (Å²) in [4.78, 5) is 15.7. The van der Waals surface area contributed by atoms with Gasteiger partial charge in [-0.25, -0.2) is 19.5 Å². The Balaban J connectivity index is 1.31. The molecule has 0 unspecified atom stereocenters. The van der Waals surface area contributed by atoms with Crippen LogP contribution in [0, 0.1) is 0 Å². The number of fused-ring (bicyclic) bond motifs is 7. The number of rotatable bonds is 5. The Labute approximate surface area is 297 Å². The molecule has 9 aromatic rings. The van der Waals surface area contributed by atoms with Crippen molar-refractivity contribution in [2.24, 2.45) is 0 Å². The Hall–Kier alpha value is -6.10. The fraction of sp³-hybridized carbons (Fsp3) is 0.0465. The summed E-state index contributed by atoms with van der Waals surface area (Å²) in [5.74, 6) is 3.30. The lowest BCUT2D eigenvalue weighted by Gasteiger charge is -2.39. The summed E-state index contributed by atoms with van der Waals surface area (Å²) in [5.41, 5.74) is 4.04. The molecule has 0 N–H and O–H groups in total. The molecule has 244 valence electrons. The number of para-hydroxylation sites is 6. The van der Waals surface area contributed by atoms with Gasteiger partial charge >= 0.3 is 0 Å². The lowest BCUT2D eigenvalue weighted by Crippen LogP contribution is -2.76. The first kappa shape index (κ1) is 29.8. The molecule has 6 aromatic carbocycles. The number of benzene rings is 6. The zero-order valence-electron chi connectivity index (χ0n) is 28.2. The van der Waals surface area contributed by atoms with Crippen LogP contribution in [0.2, 0.25) is 13.1 Å². The number of hydrogen-bond acceptors (Lipinski definition) is 4. The zero-order chi connectivity index (χ0) is 34.2. The fourth-order valence-corrected chi connectivity index (χ4v) is 15.9. The van der Waals surface area contributed by atoms with Crippen LogP contribution < -0.4 is 36.0 Å². The maximum absolute atomic E-state index is 7.07. The fourth-order valence-electron chi connectivity index (χ4n) is 8.26. The first-order chi connectivity index (χ1) is 25.1. The molecule has 1 aliphatic rings. The van der Waals surface area contributed by atoms with Gasteiger partial charge in [0.15, 0.2) is 0 Å². The van der Waals surface area contributed by atoms with E-state index in [1.54, 1.807) is 0 Å². The predicted octanol–water partition coefficient (Wildman–Crippen LogP) is 5.53. The lowest BCUT2D eigenvalue weighted by molar-refractivity contribution is 0.490. The molecule has 51 heavy (non-hydrogen) atoms. The summed E-state index contributed by atoms with van der Waals surface area (Å²) in [6.45, 7) is 4.87. The Morgan fingerprint density at radius 1 is 0.569 bits per heavy atom. The second-order valence-electron chi connectivity index (χ2n) is 13.7. The lowest BCUT2D eigenvalue weighted by atomic mass is 10.3. The van der Waals surface area contributed by atoms with Gasteiger partial charge in [0.25, 0.3) is 0 Å². The smallest absolute Gasteiger partial charge is 0.236 e. The van der Waals surface area contributed by atoms with Crippen LogP contribution in [0.25, 0.3) is 33.8 Å². The Morgan fingerprint density at radius 3 is 1.96 bits per heavy atom. The largest absolute Gasteiger partial charge is 0.458 e. The van der Waals surface area contributed by atoms with E-state index in [1.165, 1.54) is 25.9 Å². The van der Waals surface area contributed by atoms with Crippen molar-refractivity contribution in [3.63, 3.8) is 0 Å². The first-order valence-corrected chi connectivity index (χ1v) is 22.3. The Bertz CT molecular complexity index is 2730. The molecule has 0 radical (unpaired) electrons. The molecular weight excluding hydrogens is 659 g/mol. The summed E-state index contributed by atoms with van der Waals surface area (Å²) in [6, 6.07) is 56.0. The van der Waals surface area contributed by atoms with Crippen LogP contribution in [-0.4, -0.2) is 40.1 Å². The number of imidazole rings is 2. The van der Waals surface area contributed by atoms with Gasteiger partial charge in [0.1, 0.15) is 19.6 Å². The van der Waals surface area contributed by atoms with Crippen molar-refractivity contribution in [3.8, 4) is 17.4 Å². The molecule has 6 nitrogen and oxygen atoms in total. The van der Waals surface area contributed by atoms with Crippen molar-refractivity contribution in [2.45, 2.75) is 13.1 Å². The highest BCUT2D eigenvalue weighted by Gasteiger charge is 2.48. The van der Waals surface area contributed by atoms with Gasteiger partial charge in [-0.15, -0.1) is 0 Å². The minimum Gasteiger partial charge on any atom is -0.458 e. The average Bonchev–Trinajstić information content (AvgIpc) is 3.71. The topological polar surface area (TPSA) is 57.2 Å². The third-order valence-electron chi connectivity index (χ3n) is 10.6. The number of nitrogens with zero attached hydrogens (tertiary/aromatic N) is 5. The summed E-state index contributed by atoms with van der Waals surface area (Å²) < 4.78 is 11.4. The quantitative estimate of drug-likeness (QED) is 0.176. The molecule has 0 bridgehead atoms. The normalized spacial score (nSPS) is 13.6. The molecule has 3 aromatic heterocycles. The molecule has 0 saturated heterocycles. The Morgan fingerprint density at radius 2 is 1.20 bits per heavy atom. The average molecular weight is 692 g/mol. The third-order valence-corrected chi connectivity index (χ3v) is 18.8. The van der Waals surface area contributed by atoms with Crippen molar-refractivity contribution < 1.29 is 4.74 Å². The monoisotopic (exact) mass is 691 g/mol. The van der Waals surface area contributed by atoms with Crippen molar-refractivity contribution in [2.75, 3.05) is 0 Å². The van der Waals surface area contributed by atoms with Crippen LogP contribution in [0.3, 0.4) is 0 Å². The van der Waals surface area contributed by atoms with Gasteiger partial charge in [0.05, 0.1) is 22.1 Å². The zero-order valence-corrected chi connectivity index (χ0v) is 30.2. The van der Waals surface area contributed by atoms with E-state index in [0.717, 1.165) is 44.7 Å². The molecule has 10 rings (SSSR count). The van der Waals surface area contributed by atoms with Gasteiger partial charge in [0.2, 0.25) is 19.8 Å². The summed E-state index contributed by atoms with van der Waals surface area (Å²) in [6.07, 6.45) is 1.92. The number of hydrogen-bond donors (Lipinski definition) is 0. The Kier molecular flexibility index (Phi) is 6.55. The van der Waals surface area contributed by atoms with E-state index in [0.29, 0.717) is 5.95 Å². The van der Waals surface area contributed by atoms with Gasteiger partial charge in [-0.3, -0.25) is 4.40 Å². The van der Waals surface area contributed by atoms with Crippen LogP contribution in [0.1, 0.15) is 0 Å². The standard InChI is InChI=1S/C43H33N5OSi2/c1-50(2)37-25-14-13-24-36(37)49-41-38(50)26-15-27-39(41)51(30-16-5-3-6-17-30,31-18-7-4-8-19-31)40-28-29-44-42(46-40)48-35-23-12-11-22-34(35)47-33-21-10-9-20-32(33)45-43(47)48/h3-29H,1-2H3. The molecule has 0 spiro atoms. The highest BCUT2D eigenvalue weighted by molar-refractivity contribution is 7.20. The van der Waals surface area contributed by atoms with Crippen LogP contribution >= 0.6 is 0 Å². The molecule has 0 saturated carbocycles. The van der Waals surface area contributed by atoms with Crippen LogP contribution in [-0.2, 0) is 0 Å². The molecule has 0 atom stereocenters. The second-order valence-corrected chi connectivity index (χ2v) is 21.7. The molecular formula is C43H33N5OSi2. The number of ether oxygens (including phenoxy) is 1. The van der Waals surface area contributed by atoms with Gasteiger partial charge in [-0.1, -0.05) is 134 Å². The second kappa shape index (κ2) is 11.2. The van der Waals surface area contributed by atoms with E-state index < -0.39 is 16.1 Å². The van der Waals surface area contributed by atoms with Crippen LogP contribution in [0.15, 0.2) is 164 Å². The molecule has 8 heteroatoms. The SMILES string of the molecule is C[Si]1(C)c2ccccc2Oc2c1cccc2[Si](c1ccccc1)(c1ccccc1)c1ccnc(-n2c3ccccc3n3c4ccccc4nc23)n1. The first-order valence-electron chi connectivity index (χ1n) is 17.3. The molecule has 0 fully saturated rings. The van der Waals surface area contributed by atoms with E-state index in [4.69, 9.17) is 19.7 Å². The molecule has 0 aliphatic carbocycles. The van der Waals surface area contributed by atoms with Crippen molar-refractivity contribution >= 4 is 75.2 Å². The summed E-state index contributed by atoms with van der Waals surface area (Å²) in [7, 11) is -5.30. The van der Waals surface area contributed by atoms with Crippen LogP contribution in [0.5, 0.6) is 11.5 Å². The maximum Gasteiger partial charge on any atom is 0.236 e. The van der Waals surface area contributed by atoms with E-state index in [-0.39, 0.29) is 0 Å². The molecule has 0 amide bonds. The minimum atomic E-state index is -3.17. The van der Waals surface area contributed by atoms with Crippen LogP contribution in [0.4, 0.5) is 0 Å². The summed E-state index contributed by atoms with van der Waals surface area (Å²) >= 11 is 0. The van der Waals surface area contributed by atoms with Crippen molar-refractivity contribution in [1.29, 1.82) is 0 Å². The van der Waals surface area contributed by atoms with Gasteiger partial charge in [0, 0.05) is 11.5 Å². The van der Waals surface area contributed by atoms with E-state index in [9.17, 15) is 0 Å². The van der Waals surface area contributed by atoms with E-state index in [2.05, 4.69) is 174 Å².